The molecular formula is C21H22N2O2S. The van der Waals surface area contributed by atoms with Gasteiger partial charge in [0.15, 0.2) is 0 Å². The van der Waals surface area contributed by atoms with E-state index in [0.29, 0.717) is 24.7 Å². The standard InChI is InChI=1S/C21H22N2O2S/c1-13-8-9-16-17(12-13)26-20-18(16)21(25)23(11-10-14(2)24)19(22-20)15-6-4-3-5-7-15/h3-7,13H,8-12H2,1-2H3. The summed E-state index contributed by atoms with van der Waals surface area (Å²) in [4.78, 5) is 31.9. The van der Waals surface area contributed by atoms with Crippen molar-refractivity contribution in [3.63, 3.8) is 0 Å². The molecule has 0 N–H and O–H groups in total. The van der Waals surface area contributed by atoms with Crippen LogP contribution in [0.4, 0.5) is 0 Å². The minimum Gasteiger partial charge on any atom is -0.300 e. The van der Waals surface area contributed by atoms with Crippen molar-refractivity contribution in [2.45, 2.75) is 46.1 Å². The lowest BCUT2D eigenvalue weighted by Crippen LogP contribution is -2.25. The van der Waals surface area contributed by atoms with E-state index in [0.717, 1.165) is 35.0 Å². The number of benzene rings is 1. The summed E-state index contributed by atoms with van der Waals surface area (Å²) in [7, 11) is 0. The highest BCUT2D eigenvalue weighted by molar-refractivity contribution is 7.18. The molecule has 0 bridgehead atoms. The molecule has 4 nitrogen and oxygen atoms in total. The lowest BCUT2D eigenvalue weighted by Gasteiger charge is -2.17. The molecule has 0 saturated carbocycles. The summed E-state index contributed by atoms with van der Waals surface area (Å²) in [5.74, 6) is 1.40. The van der Waals surface area contributed by atoms with Gasteiger partial charge in [0.2, 0.25) is 0 Å². The van der Waals surface area contributed by atoms with Crippen LogP contribution < -0.4 is 5.56 Å². The number of nitrogens with zero attached hydrogens (tertiary/aromatic N) is 2. The van der Waals surface area contributed by atoms with Crippen molar-refractivity contribution in [1.29, 1.82) is 0 Å². The highest BCUT2D eigenvalue weighted by Crippen LogP contribution is 2.36. The van der Waals surface area contributed by atoms with Crippen LogP contribution in [0.5, 0.6) is 0 Å². The molecule has 1 aromatic carbocycles. The molecule has 1 atom stereocenters. The Hall–Kier alpha value is -2.27. The van der Waals surface area contributed by atoms with Gasteiger partial charge < -0.3 is 0 Å². The van der Waals surface area contributed by atoms with Crippen LogP contribution in [-0.4, -0.2) is 15.3 Å². The summed E-state index contributed by atoms with van der Waals surface area (Å²) in [6.07, 6.45) is 3.44. The number of fused-ring (bicyclic) bond motifs is 3. The number of aromatic nitrogens is 2. The first-order chi connectivity index (χ1) is 12.5. The maximum absolute atomic E-state index is 13.4. The molecule has 0 amide bonds. The van der Waals surface area contributed by atoms with Crippen LogP contribution in [0.15, 0.2) is 35.1 Å². The number of carbonyl (C=O) groups excluding carboxylic acids is 1. The molecule has 1 aliphatic rings. The maximum atomic E-state index is 13.4. The third-order valence-corrected chi connectivity index (χ3v) is 6.28. The molecule has 0 radical (unpaired) electrons. The molecule has 0 saturated heterocycles. The average molecular weight is 366 g/mol. The predicted octanol–water partition coefficient (Wildman–Crippen LogP) is 4.23. The van der Waals surface area contributed by atoms with E-state index in [1.54, 1.807) is 22.8 Å². The van der Waals surface area contributed by atoms with Gasteiger partial charge in [-0.3, -0.25) is 14.2 Å². The molecule has 0 fully saturated rings. The zero-order chi connectivity index (χ0) is 18.3. The van der Waals surface area contributed by atoms with Gasteiger partial charge in [-0.1, -0.05) is 37.3 Å². The number of hydrogen-bond acceptors (Lipinski definition) is 4. The van der Waals surface area contributed by atoms with Crippen molar-refractivity contribution in [2.75, 3.05) is 0 Å². The molecule has 3 aromatic rings. The van der Waals surface area contributed by atoms with E-state index < -0.39 is 0 Å². The smallest absolute Gasteiger partial charge is 0.262 e. The Kier molecular flexibility index (Phi) is 4.49. The monoisotopic (exact) mass is 366 g/mol. The van der Waals surface area contributed by atoms with Crippen LogP contribution in [0.25, 0.3) is 21.6 Å². The number of Topliss-reactive ketones (excluding diaryl/α,β-unsaturated/α-hetero) is 1. The Morgan fingerprint density at radius 3 is 2.81 bits per heavy atom. The molecular weight excluding hydrogens is 344 g/mol. The molecule has 2 aromatic heterocycles. The highest BCUT2D eigenvalue weighted by atomic mass is 32.1. The van der Waals surface area contributed by atoms with Crippen molar-refractivity contribution >= 4 is 27.3 Å². The molecule has 5 heteroatoms. The van der Waals surface area contributed by atoms with Gasteiger partial charge in [-0.05, 0) is 37.7 Å². The van der Waals surface area contributed by atoms with E-state index in [1.165, 1.54) is 10.4 Å². The zero-order valence-corrected chi connectivity index (χ0v) is 15.9. The van der Waals surface area contributed by atoms with Crippen LogP contribution in [0, 0.1) is 5.92 Å². The first kappa shape index (κ1) is 17.2. The largest absolute Gasteiger partial charge is 0.300 e. The second-order valence-corrected chi connectivity index (χ2v) is 8.33. The van der Waals surface area contributed by atoms with Crippen LogP contribution in [0.3, 0.4) is 0 Å². The fraction of sp³-hybridized carbons (Fsp3) is 0.381. The second kappa shape index (κ2) is 6.80. The van der Waals surface area contributed by atoms with Gasteiger partial charge in [-0.15, -0.1) is 11.3 Å². The SMILES string of the molecule is CC(=O)CCn1c(-c2ccccc2)nc2sc3c(c2c1=O)CCC(C)C3. The van der Waals surface area contributed by atoms with E-state index in [-0.39, 0.29) is 11.3 Å². The minimum atomic E-state index is 0.00200. The second-order valence-electron chi connectivity index (χ2n) is 7.24. The molecule has 26 heavy (non-hydrogen) atoms. The fourth-order valence-electron chi connectivity index (χ4n) is 3.71. The Labute approximate surface area is 156 Å². The van der Waals surface area contributed by atoms with Gasteiger partial charge in [0, 0.05) is 23.4 Å². The summed E-state index contributed by atoms with van der Waals surface area (Å²) in [6.45, 7) is 4.21. The van der Waals surface area contributed by atoms with Crippen molar-refractivity contribution < 1.29 is 4.79 Å². The zero-order valence-electron chi connectivity index (χ0n) is 15.1. The molecule has 2 heterocycles. The highest BCUT2D eigenvalue weighted by Gasteiger charge is 2.24. The maximum Gasteiger partial charge on any atom is 0.262 e. The third kappa shape index (κ3) is 3.01. The predicted molar refractivity (Wildman–Crippen MR) is 106 cm³/mol. The average Bonchev–Trinajstić information content (AvgIpc) is 2.98. The van der Waals surface area contributed by atoms with E-state index in [9.17, 15) is 9.59 Å². The molecule has 0 spiro atoms. The summed E-state index contributed by atoms with van der Waals surface area (Å²) in [5, 5.41) is 0.778. The van der Waals surface area contributed by atoms with E-state index in [2.05, 4.69) is 6.92 Å². The van der Waals surface area contributed by atoms with Gasteiger partial charge >= 0.3 is 0 Å². The van der Waals surface area contributed by atoms with Gasteiger partial charge in [0.05, 0.1) is 5.39 Å². The first-order valence-corrected chi connectivity index (χ1v) is 9.96. The normalized spacial score (nSPS) is 16.6. The first-order valence-electron chi connectivity index (χ1n) is 9.14. The molecule has 4 rings (SSSR count). The van der Waals surface area contributed by atoms with Crippen LogP contribution >= 0.6 is 11.3 Å². The third-order valence-electron chi connectivity index (χ3n) is 5.13. The van der Waals surface area contributed by atoms with E-state index in [1.807, 2.05) is 30.3 Å². The summed E-state index contributed by atoms with van der Waals surface area (Å²) in [6, 6.07) is 9.77. The molecule has 1 unspecified atom stereocenters. The fourth-order valence-corrected chi connectivity index (χ4v) is 5.08. The minimum absolute atomic E-state index is 0.00200. The molecule has 0 aliphatic heterocycles. The van der Waals surface area contributed by atoms with Gasteiger partial charge in [0.1, 0.15) is 16.4 Å². The van der Waals surface area contributed by atoms with Crippen molar-refractivity contribution in [1.82, 2.24) is 9.55 Å². The summed E-state index contributed by atoms with van der Waals surface area (Å²) < 4.78 is 1.70. The summed E-state index contributed by atoms with van der Waals surface area (Å²) >= 11 is 1.67. The Balaban J connectivity index is 1.96. The van der Waals surface area contributed by atoms with Crippen LogP contribution in [-0.2, 0) is 24.2 Å². The molecule has 1 aliphatic carbocycles. The van der Waals surface area contributed by atoms with Crippen LogP contribution in [0.1, 0.15) is 37.1 Å². The van der Waals surface area contributed by atoms with Crippen LogP contribution in [0.2, 0.25) is 0 Å². The van der Waals surface area contributed by atoms with Crippen molar-refractivity contribution in [3.05, 3.63) is 51.1 Å². The van der Waals surface area contributed by atoms with Gasteiger partial charge in [0.25, 0.3) is 5.56 Å². The lowest BCUT2D eigenvalue weighted by molar-refractivity contribution is -0.117. The number of aryl methyl sites for hydroxylation is 1. The summed E-state index contributed by atoms with van der Waals surface area (Å²) in [5.41, 5.74) is 2.11. The Morgan fingerprint density at radius 1 is 1.31 bits per heavy atom. The number of rotatable bonds is 4. The van der Waals surface area contributed by atoms with E-state index >= 15 is 0 Å². The topological polar surface area (TPSA) is 52.0 Å². The quantitative estimate of drug-likeness (QED) is 0.694. The van der Waals surface area contributed by atoms with Crippen molar-refractivity contribution in [3.8, 4) is 11.4 Å². The molecule has 134 valence electrons. The number of hydrogen-bond donors (Lipinski definition) is 0. The Bertz CT molecular complexity index is 1030. The Morgan fingerprint density at radius 2 is 2.08 bits per heavy atom. The van der Waals surface area contributed by atoms with E-state index in [4.69, 9.17) is 4.98 Å². The number of thiophene rings is 1. The number of ketones is 1. The van der Waals surface area contributed by atoms with Crippen molar-refractivity contribution in [2.24, 2.45) is 5.92 Å². The lowest BCUT2D eigenvalue weighted by atomic mass is 9.89. The van der Waals surface area contributed by atoms with Gasteiger partial charge in [-0.2, -0.15) is 0 Å². The van der Waals surface area contributed by atoms with Gasteiger partial charge in [-0.25, -0.2) is 4.98 Å². The number of carbonyl (C=O) groups is 1.